The van der Waals surface area contributed by atoms with E-state index in [1.165, 1.54) is 0 Å². The number of aromatic amines is 1. The molecule has 0 saturated carbocycles. The number of H-pyrrole nitrogens is 1. The molecule has 94 valence electrons. The number of hydrogen-bond donors (Lipinski definition) is 2. The molecular weight excluding hydrogens is 216 g/mol. The second kappa shape index (κ2) is 4.31. The van der Waals surface area contributed by atoms with E-state index in [0.717, 1.165) is 56.7 Å². The SMILES string of the molecule is CN1CCC(n2[nH]c3c(c2=O)CCNC3)CC1. The maximum Gasteiger partial charge on any atom is 0.270 e. The van der Waals surface area contributed by atoms with Crippen LogP contribution in [-0.2, 0) is 13.0 Å². The minimum absolute atomic E-state index is 0.219. The standard InChI is InChI=1S/C12H20N4O/c1-15-6-3-9(4-7-15)16-12(17)10-2-5-13-8-11(10)14-16/h9,13-14H,2-8H2,1H3. The Balaban J connectivity index is 1.88. The Morgan fingerprint density at radius 2 is 2.06 bits per heavy atom. The van der Waals surface area contributed by atoms with Crippen LogP contribution < -0.4 is 10.9 Å². The van der Waals surface area contributed by atoms with Crippen LogP contribution in [0.2, 0.25) is 0 Å². The predicted molar refractivity (Wildman–Crippen MR) is 66.2 cm³/mol. The van der Waals surface area contributed by atoms with Crippen molar-refractivity contribution in [2.45, 2.75) is 31.8 Å². The van der Waals surface area contributed by atoms with E-state index in [9.17, 15) is 4.79 Å². The fourth-order valence-electron chi connectivity index (χ4n) is 2.88. The van der Waals surface area contributed by atoms with Crippen molar-refractivity contribution in [3.63, 3.8) is 0 Å². The Kier molecular flexibility index (Phi) is 2.80. The highest BCUT2D eigenvalue weighted by molar-refractivity contribution is 5.20. The number of likely N-dealkylation sites (tertiary alicyclic amines) is 1. The number of nitrogens with zero attached hydrogens (tertiary/aromatic N) is 2. The first kappa shape index (κ1) is 11.0. The molecule has 3 rings (SSSR count). The lowest BCUT2D eigenvalue weighted by Crippen LogP contribution is -2.35. The zero-order valence-electron chi connectivity index (χ0n) is 10.3. The molecule has 0 atom stereocenters. The lowest BCUT2D eigenvalue weighted by molar-refractivity contribution is 0.209. The van der Waals surface area contributed by atoms with Crippen molar-refractivity contribution in [2.24, 2.45) is 0 Å². The molecule has 17 heavy (non-hydrogen) atoms. The summed E-state index contributed by atoms with van der Waals surface area (Å²) in [5, 5.41) is 6.61. The maximum absolute atomic E-state index is 12.3. The van der Waals surface area contributed by atoms with E-state index in [-0.39, 0.29) is 5.56 Å². The maximum atomic E-state index is 12.3. The second-order valence-corrected chi connectivity index (χ2v) is 5.21. The van der Waals surface area contributed by atoms with Gasteiger partial charge in [-0.15, -0.1) is 0 Å². The highest BCUT2D eigenvalue weighted by Crippen LogP contribution is 2.20. The number of nitrogens with one attached hydrogen (secondary N) is 2. The van der Waals surface area contributed by atoms with Crippen LogP contribution in [0.1, 0.15) is 30.1 Å². The minimum Gasteiger partial charge on any atom is -0.311 e. The molecule has 1 fully saturated rings. The molecule has 2 aliphatic rings. The molecule has 0 aliphatic carbocycles. The molecular formula is C12H20N4O. The Hall–Kier alpha value is -1.07. The summed E-state index contributed by atoms with van der Waals surface area (Å²) in [5.74, 6) is 0. The topological polar surface area (TPSA) is 53.1 Å². The largest absolute Gasteiger partial charge is 0.311 e. The second-order valence-electron chi connectivity index (χ2n) is 5.21. The molecule has 2 N–H and O–H groups in total. The fourth-order valence-corrected chi connectivity index (χ4v) is 2.88. The molecule has 0 unspecified atom stereocenters. The highest BCUT2D eigenvalue weighted by atomic mass is 16.1. The molecule has 0 aromatic carbocycles. The van der Waals surface area contributed by atoms with Gasteiger partial charge >= 0.3 is 0 Å². The van der Waals surface area contributed by atoms with E-state index >= 15 is 0 Å². The molecule has 0 radical (unpaired) electrons. The van der Waals surface area contributed by atoms with Crippen LogP contribution in [0, 0.1) is 0 Å². The summed E-state index contributed by atoms with van der Waals surface area (Å²) in [7, 11) is 2.14. The third-order valence-corrected chi connectivity index (χ3v) is 4.00. The van der Waals surface area contributed by atoms with Crippen molar-refractivity contribution >= 4 is 0 Å². The van der Waals surface area contributed by atoms with Crippen molar-refractivity contribution in [1.29, 1.82) is 0 Å². The van der Waals surface area contributed by atoms with E-state index in [1.807, 2.05) is 4.68 Å². The molecule has 2 aliphatic heterocycles. The summed E-state index contributed by atoms with van der Waals surface area (Å²) in [5.41, 5.74) is 2.32. The van der Waals surface area contributed by atoms with E-state index in [0.29, 0.717) is 6.04 Å². The molecule has 3 heterocycles. The quantitative estimate of drug-likeness (QED) is 0.726. The predicted octanol–water partition coefficient (Wildman–Crippen LogP) is 0.0888. The first-order valence-electron chi connectivity index (χ1n) is 6.47. The average Bonchev–Trinajstić information content (AvgIpc) is 2.69. The first-order valence-corrected chi connectivity index (χ1v) is 6.47. The van der Waals surface area contributed by atoms with Crippen molar-refractivity contribution in [2.75, 3.05) is 26.7 Å². The summed E-state index contributed by atoms with van der Waals surface area (Å²) in [4.78, 5) is 14.6. The van der Waals surface area contributed by atoms with E-state index < -0.39 is 0 Å². The zero-order chi connectivity index (χ0) is 11.8. The van der Waals surface area contributed by atoms with Crippen LogP contribution in [0.5, 0.6) is 0 Å². The molecule has 0 bridgehead atoms. The normalized spacial score (nSPS) is 22.6. The van der Waals surface area contributed by atoms with Gasteiger partial charge in [-0.1, -0.05) is 0 Å². The van der Waals surface area contributed by atoms with Crippen LogP contribution in [0.25, 0.3) is 0 Å². The summed E-state index contributed by atoms with van der Waals surface area (Å²) >= 11 is 0. The number of piperidine rings is 1. The Morgan fingerprint density at radius 3 is 2.76 bits per heavy atom. The van der Waals surface area contributed by atoms with Gasteiger partial charge in [0.1, 0.15) is 0 Å². The number of rotatable bonds is 1. The van der Waals surface area contributed by atoms with Crippen LogP contribution in [0.4, 0.5) is 0 Å². The van der Waals surface area contributed by atoms with Crippen LogP contribution in [0.3, 0.4) is 0 Å². The van der Waals surface area contributed by atoms with Gasteiger partial charge in [0.2, 0.25) is 0 Å². The van der Waals surface area contributed by atoms with Gasteiger partial charge in [0, 0.05) is 12.1 Å². The minimum atomic E-state index is 0.219. The molecule has 5 nitrogen and oxygen atoms in total. The lowest BCUT2D eigenvalue weighted by Gasteiger charge is -2.29. The van der Waals surface area contributed by atoms with Crippen LogP contribution >= 0.6 is 0 Å². The molecule has 1 saturated heterocycles. The average molecular weight is 236 g/mol. The van der Waals surface area contributed by atoms with Crippen molar-refractivity contribution < 1.29 is 0 Å². The highest BCUT2D eigenvalue weighted by Gasteiger charge is 2.24. The monoisotopic (exact) mass is 236 g/mol. The number of hydrogen-bond acceptors (Lipinski definition) is 3. The summed E-state index contributed by atoms with van der Waals surface area (Å²) < 4.78 is 1.88. The smallest absolute Gasteiger partial charge is 0.270 e. The van der Waals surface area contributed by atoms with Gasteiger partial charge in [-0.25, -0.2) is 4.68 Å². The molecule has 0 spiro atoms. The van der Waals surface area contributed by atoms with E-state index in [4.69, 9.17) is 0 Å². The van der Waals surface area contributed by atoms with Gasteiger partial charge in [0.15, 0.2) is 0 Å². The Morgan fingerprint density at radius 1 is 1.29 bits per heavy atom. The fraction of sp³-hybridized carbons (Fsp3) is 0.750. The van der Waals surface area contributed by atoms with Crippen molar-refractivity contribution in [1.82, 2.24) is 20.0 Å². The third-order valence-electron chi connectivity index (χ3n) is 4.00. The van der Waals surface area contributed by atoms with E-state index in [2.05, 4.69) is 22.4 Å². The van der Waals surface area contributed by atoms with Gasteiger partial charge in [-0.05, 0) is 45.9 Å². The number of aromatic nitrogens is 2. The number of fused-ring (bicyclic) bond motifs is 1. The van der Waals surface area contributed by atoms with Gasteiger partial charge in [-0.3, -0.25) is 9.89 Å². The van der Waals surface area contributed by atoms with Gasteiger partial charge < -0.3 is 10.2 Å². The molecule has 1 aromatic rings. The summed E-state index contributed by atoms with van der Waals surface area (Å²) in [6, 6.07) is 0.365. The van der Waals surface area contributed by atoms with Crippen LogP contribution in [0.15, 0.2) is 4.79 Å². The summed E-state index contributed by atoms with van der Waals surface area (Å²) in [6.07, 6.45) is 3.01. The third kappa shape index (κ3) is 1.93. The Labute approximate surface area is 101 Å². The van der Waals surface area contributed by atoms with Gasteiger partial charge in [0.05, 0.1) is 11.7 Å². The zero-order valence-corrected chi connectivity index (χ0v) is 10.3. The van der Waals surface area contributed by atoms with Crippen molar-refractivity contribution in [3.05, 3.63) is 21.6 Å². The van der Waals surface area contributed by atoms with E-state index in [1.54, 1.807) is 0 Å². The Bertz CT molecular complexity index is 454. The first-order chi connectivity index (χ1) is 8.25. The van der Waals surface area contributed by atoms with Crippen molar-refractivity contribution in [3.8, 4) is 0 Å². The van der Waals surface area contributed by atoms with Gasteiger partial charge in [-0.2, -0.15) is 0 Å². The molecule has 0 amide bonds. The van der Waals surface area contributed by atoms with Gasteiger partial charge in [0.25, 0.3) is 5.56 Å². The lowest BCUT2D eigenvalue weighted by atomic mass is 10.1. The summed E-state index contributed by atoms with van der Waals surface area (Å²) in [6.45, 7) is 3.90. The van der Waals surface area contributed by atoms with Crippen LogP contribution in [-0.4, -0.2) is 41.4 Å². The molecule has 1 aromatic heterocycles. The molecule has 5 heteroatoms.